The Morgan fingerprint density at radius 3 is 2.31 bits per heavy atom. The first-order valence-electron chi connectivity index (χ1n) is 11.0. The van der Waals surface area contributed by atoms with Crippen LogP contribution in [-0.2, 0) is 0 Å². The molecular formula is C24H27F4N5OS. The second kappa shape index (κ2) is 12.7. The van der Waals surface area contributed by atoms with Crippen LogP contribution >= 0.6 is 11.9 Å². The van der Waals surface area contributed by atoms with Gasteiger partial charge in [-0.1, -0.05) is 0 Å². The third kappa shape index (κ3) is 8.68. The average Bonchev–Trinajstić information content (AvgIpc) is 2.83. The second-order valence-corrected chi connectivity index (χ2v) is 8.72. The number of allylic oxidation sites excluding steroid dienone is 1. The van der Waals surface area contributed by atoms with Crippen LogP contribution in [0.2, 0.25) is 0 Å². The molecule has 0 bridgehead atoms. The zero-order valence-corrected chi connectivity index (χ0v) is 20.1. The van der Waals surface area contributed by atoms with Gasteiger partial charge in [-0.25, -0.2) is 8.70 Å². The normalized spacial score (nSPS) is 16.3. The maximum Gasteiger partial charge on any atom is 0.433 e. The SMILES string of the molecule is C=N/C(=C\C(=N/CN1CCN(Sc2ccc(OCC)cc2)CC1)Nc1ccc(F)cc1)C(F)(F)F. The molecule has 0 saturated carbocycles. The molecule has 0 spiro atoms. The van der Waals surface area contributed by atoms with E-state index >= 15 is 0 Å². The number of benzene rings is 2. The van der Waals surface area contributed by atoms with Crippen molar-refractivity contribution in [2.24, 2.45) is 9.98 Å². The molecule has 2 aromatic rings. The number of nitrogens with zero attached hydrogens (tertiary/aromatic N) is 4. The third-order valence-electron chi connectivity index (χ3n) is 4.99. The van der Waals surface area contributed by atoms with Gasteiger partial charge in [-0.2, -0.15) is 13.2 Å². The van der Waals surface area contributed by atoms with Gasteiger partial charge in [-0.05, 0) is 74.1 Å². The molecule has 1 saturated heterocycles. The van der Waals surface area contributed by atoms with E-state index in [9.17, 15) is 17.6 Å². The molecule has 6 nitrogen and oxygen atoms in total. The molecule has 1 aliphatic rings. The molecule has 2 aromatic carbocycles. The Morgan fingerprint density at radius 1 is 1.09 bits per heavy atom. The highest BCUT2D eigenvalue weighted by molar-refractivity contribution is 7.97. The minimum Gasteiger partial charge on any atom is -0.494 e. The van der Waals surface area contributed by atoms with Crippen LogP contribution in [0.3, 0.4) is 0 Å². The fourth-order valence-corrected chi connectivity index (χ4v) is 4.10. The number of ether oxygens (including phenoxy) is 1. The highest BCUT2D eigenvalue weighted by Crippen LogP contribution is 2.27. The molecule has 0 aliphatic carbocycles. The largest absolute Gasteiger partial charge is 0.494 e. The monoisotopic (exact) mass is 509 g/mol. The lowest BCUT2D eigenvalue weighted by atomic mass is 10.3. The smallest absolute Gasteiger partial charge is 0.433 e. The van der Waals surface area contributed by atoms with Crippen LogP contribution in [0.5, 0.6) is 5.75 Å². The first kappa shape index (κ1) is 26.7. The van der Waals surface area contributed by atoms with Crippen molar-refractivity contribution < 1.29 is 22.3 Å². The van der Waals surface area contributed by atoms with Gasteiger partial charge in [0.05, 0.1) is 13.3 Å². The van der Waals surface area contributed by atoms with Gasteiger partial charge in [0.25, 0.3) is 0 Å². The van der Waals surface area contributed by atoms with Crippen molar-refractivity contribution in [1.82, 2.24) is 9.21 Å². The summed E-state index contributed by atoms with van der Waals surface area (Å²) in [6, 6.07) is 13.2. The lowest BCUT2D eigenvalue weighted by Crippen LogP contribution is -2.43. The summed E-state index contributed by atoms with van der Waals surface area (Å²) in [5.41, 5.74) is -0.758. The average molecular weight is 510 g/mol. The topological polar surface area (TPSA) is 52.5 Å². The standard InChI is InChI=1S/C24H27F4N5OS/c1-3-34-20-8-10-21(11-9-20)35-33-14-12-32(13-15-33)17-30-23(16-22(29-2)24(26,27)28)31-19-6-4-18(25)5-7-19/h4-11,16H,2-3,12-15,17H2,1H3,(H,30,31)/b22-16-. The lowest BCUT2D eigenvalue weighted by Gasteiger charge is -2.32. The van der Waals surface area contributed by atoms with Crippen molar-refractivity contribution in [3.8, 4) is 5.75 Å². The van der Waals surface area contributed by atoms with Crippen LogP contribution in [0.1, 0.15) is 6.92 Å². The summed E-state index contributed by atoms with van der Waals surface area (Å²) in [6.07, 6.45) is -3.87. The number of nitrogens with one attached hydrogen (secondary N) is 1. The van der Waals surface area contributed by atoms with Crippen molar-refractivity contribution in [2.45, 2.75) is 18.0 Å². The number of alkyl halides is 3. The summed E-state index contributed by atoms with van der Waals surface area (Å²) in [6.45, 7) is 8.71. The Kier molecular flexibility index (Phi) is 9.70. The van der Waals surface area contributed by atoms with Crippen LogP contribution < -0.4 is 10.1 Å². The maximum atomic E-state index is 13.2. The first-order chi connectivity index (χ1) is 16.8. The van der Waals surface area contributed by atoms with Crippen LogP contribution in [0.25, 0.3) is 0 Å². The van der Waals surface area contributed by atoms with Gasteiger partial charge in [0, 0.05) is 42.8 Å². The van der Waals surface area contributed by atoms with E-state index in [0.29, 0.717) is 25.4 Å². The quantitative estimate of drug-likeness (QED) is 0.211. The Balaban J connectivity index is 1.61. The highest BCUT2D eigenvalue weighted by atomic mass is 32.2. The Hall–Kier alpha value is -2.89. The van der Waals surface area contributed by atoms with E-state index in [0.717, 1.165) is 29.8 Å². The number of aliphatic imine (C=N–C) groups is 2. The fourth-order valence-electron chi connectivity index (χ4n) is 3.20. The molecule has 1 heterocycles. The third-order valence-corrected chi connectivity index (χ3v) is 6.10. The molecule has 0 unspecified atom stereocenters. The summed E-state index contributed by atoms with van der Waals surface area (Å²) in [4.78, 5) is 10.6. The van der Waals surface area contributed by atoms with Crippen LogP contribution in [0.4, 0.5) is 23.2 Å². The molecule has 1 aliphatic heterocycles. The number of halogens is 4. The van der Waals surface area contributed by atoms with Crippen molar-refractivity contribution in [2.75, 3.05) is 44.8 Å². The predicted octanol–water partition coefficient (Wildman–Crippen LogP) is 5.46. The minimum absolute atomic E-state index is 0.0393. The van der Waals surface area contributed by atoms with Crippen molar-refractivity contribution in [3.63, 3.8) is 0 Å². The second-order valence-electron chi connectivity index (χ2n) is 7.54. The summed E-state index contributed by atoms with van der Waals surface area (Å²) in [7, 11) is 0. The number of hydrogen-bond donors (Lipinski definition) is 1. The highest BCUT2D eigenvalue weighted by Gasteiger charge is 2.33. The van der Waals surface area contributed by atoms with Gasteiger partial charge in [-0.15, -0.1) is 0 Å². The van der Waals surface area contributed by atoms with Crippen LogP contribution in [-0.4, -0.2) is 67.4 Å². The van der Waals surface area contributed by atoms with Gasteiger partial charge in [-0.3, -0.25) is 14.9 Å². The number of hydrogen-bond acceptors (Lipinski definition) is 6. The van der Waals surface area contributed by atoms with E-state index < -0.39 is 17.7 Å². The lowest BCUT2D eigenvalue weighted by molar-refractivity contribution is -0.0921. The molecule has 0 aromatic heterocycles. The summed E-state index contributed by atoms with van der Waals surface area (Å²) >= 11 is 1.65. The Bertz CT molecular complexity index is 1020. The molecule has 3 rings (SSSR count). The van der Waals surface area contributed by atoms with Gasteiger partial charge < -0.3 is 10.1 Å². The number of rotatable bonds is 9. The van der Waals surface area contributed by atoms with Crippen LogP contribution in [0, 0.1) is 5.82 Å². The summed E-state index contributed by atoms with van der Waals surface area (Å²) in [5, 5.41) is 2.81. The molecule has 0 radical (unpaired) electrons. The molecule has 0 atom stereocenters. The maximum absolute atomic E-state index is 13.2. The number of amidine groups is 1. The first-order valence-corrected chi connectivity index (χ1v) is 11.7. The minimum atomic E-state index is -4.67. The van der Waals surface area contributed by atoms with Crippen molar-refractivity contribution in [3.05, 3.63) is 66.1 Å². The molecule has 35 heavy (non-hydrogen) atoms. The Labute approximate surface area is 206 Å². The molecular weight excluding hydrogens is 482 g/mol. The van der Waals surface area contributed by atoms with E-state index in [4.69, 9.17) is 4.74 Å². The van der Waals surface area contributed by atoms with E-state index in [2.05, 4.69) is 26.3 Å². The van der Waals surface area contributed by atoms with E-state index in [1.54, 1.807) is 11.9 Å². The van der Waals surface area contributed by atoms with Gasteiger partial charge in [0.1, 0.15) is 23.1 Å². The van der Waals surface area contributed by atoms with E-state index in [1.165, 1.54) is 24.3 Å². The van der Waals surface area contributed by atoms with Gasteiger partial charge in [0.15, 0.2) is 0 Å². The number of anilines is 1. The zero-order chi connectivity index (χ0) is 25.3. The zero-order valence-electron chi connectivity index (χ0n) is 19.3. The van der Waals surface area contributed by atoms with E-state index in [1.807, 2.05) is 36.1 Å². The number of piperazine rings is 1. The molecule has 11 heteroatoms. The molecule has 1 N–H and O–H groups in total. The predicted molar refractivity (Wildman–Crippen MR) is 133 cm³/mol. The molecule has 1 fully saturated rings. The van der Waals surface area contributed by atoms with Crippen LogP contribution in [0.15, 0.2) is 75.2 Å². The van der Waals surface area contributed by atoms with E-state index in [-0.39, 0.29) is 12.5 Å². The summed E-state index contributed by atoms with van der Waals surface area (Å²) in [5.74, 6) is 0.343. The van der Waals surface area contributed by atoms with Gasteiger partial charge in [0.2, 0.25) is 0 Å². The van der Waals surface area contributed by atoms with Crippen molar-refractivity contribution >= 4 is 30.2 Å². The van der Waals surface area contributed by atoms with Crippen molar-refractivity contribution in [1.29, 1.82) is 0 Å². The molecule has 0 amide bonds. The summed E-state index contributed by atoms with van der Waals surface area (Å²) < 4.78 is 60.5. The Morgan fingerprint density at radius 2 is 1.74 bits per heavy atom. The van der Waals surface area contributed by atoms with Gasteiger partial charge >= 0.3 is 6.18 Å². The fraction of sp³-hybridized carbons (Fsp3) is 0.333. The molecule has 188 valence electrons.